The summed E-state index contributed by atoms with van der Waals surface area (Å²) in [5, 5.41) is 1.09. The van der Waals surface area contributed by atoms with Crippen LogP contribution >= 0.6 is 23.2 Å². The Bertz CT molecular complexity index is 1670. The molecule has 46 heavy (non-hydrogen) atoms. The van der Waals surface area contributed by atoms with Crippen LogP contribution in [0.15, 0.2) is 52.4 Å². The van der Waals surface area contributed by atoms with Crippen molar-refractivity contribution in [3.8, 4) is 5.75 Å². The van der Waals surface area contributed by atoms with Gasteiger partial charge in [-0.05, 0) is 64.4 Å². The Hall–Kier alpha value is -3.16. The number of rotatable bonds is 14. The fourth-order valence-electron chi connectivity index (χ4n) is 5.41. The molecule has 1 aromatic heterocycles. The second-order valence-electron chi connectivity index (χ2n) is 12.0. The first-order chi connectivity index (χ1) is 21.8. The molecule has 2 heterocycles. The standard InChI is InChI=1S/C32H43Cl2N7O4S/c1-22-11-12-23-9-8-10-26(29(23)38-22)45-21-24-25(33)13-14-27(28(24)34)46(43,44)39-32(2,3)30(42)41-19-17-40(18-20-41)16-7-5-4-6-15-37-31(35)36/h8-14,39H,4-7,15-21H2,1-3H3,(H4,35,36,37). The molecule has 250 valence electrons. The summed E-state index contributed by atoms with van der Waals surface area (Å²) in [6, 6.07) is 12.2. The van der Waals surface area contributed by atoms with E-state index in [0.29, 0.717) is 36.5 Å². The largest absolute Gasteiger partial charge is 0.487 e. The number of unbranched alkanes of at least 4 members (excludes halogenated alkanes) is 3. The topological polar surface area (TPSA) is 156 Å². The van der Waals surface area contributed by atoms with Crippen molar-refractivity contribution < 1.29 is 17.9 Å². The van der Waals surface area contributed by atoms with Crippen LogP contribution in [-0.2, 0) is 21.4 Å². The lowest BCUT2D eigenvalue weighted by molar-refractivity contribution is -0.138. The summed E-state index contributed by atoms with van der Waals surface area (Å²) in [4.78, 5) is 25.9. The fraction of sp³-hybridized carbons (Fsp3) is 0.469. The number of halogens is 2. The van der Waals surface area contributed by atoms with E-state index in [1.54, 1.807) is 24.8 Å². The van der Waals surface area contributed by atoms with Gasteiger partial charge in [0.2, 0.25) is 15.9 Å². The third kappa shape index (κ3) is 9.22. The van der Waals surface area contributed by atoms with Gasteiger partial charge in [0.15, 0.2) is 5.96 Å². The quantitative estimate of drug-likeness (QED) is 0.127. The molecule has 5 N–H and O–H groups in total. The Morgan fingerprint density at radius 3 is 2.46 bits per heavy atom. The molecule has 1 aliphatic rings. The van der Waals surface area contributed by atoms with E-state index in [4.69, 9.17) is 39.4 Å². The highest BCUT2D eigenvalue weighted by molar-refractivity contribution is 7.89. The number of amides is 1. The van der Waals surface area contributed by atoms with Crippen LogP contribution in [0.1, 0.15) is 50.8 Å². The number of hydrogen-bond acceptors (Lipinski definition) is 7. The van der Waals surface area contributed by atoms with Crippen LogP contribution < -0.4 is 20.9 Å². The molecule has 1 saturated heterocycles. The van der Waals surface area contributed by atoms with Gasteiger partial charge in [0.05, 0.1) is 5.02 Å². The zero-order valence-corrected chi connectivity index (χ0v) is 28.9. The number of ether oxygens (including phenoxy) is 1. The number of aryl methyl sites for hydroxylation is 1. The molecule has 14 heteroatoms. The molecule has 11 nitrogen and oxygen atoms in total. The van der Waals surface area contributed by atoms with Gasteiger partial charge in [-0.15, -0.1) is 0 Å². The van der Waals surface area contributed by atoms with Crippen LogP contribution in [0, 0.1) is 6.92 Å². The average Bonchev–Trinajstić information content (AvgIpc) is 2.99. The van der Waals surface area contributed by atoms with Crippen molar-refractivity contribution in [3.63, 3.8) is 0 Å². The average molecular weight is 693 g/mol. The number of carbonyl (C=O) groups excluding carboxylic acids is 1. The summed E-state index contributed by atoms with van der Waals surface area (Å²) >= 11 is 13.1. The third-order valence-electron chi connectivity index (χ3n) is 7.90. The predicted molar refractivity (Wildman–Crippen MR) is 184 cm³/mol. The Kier molecular flexibility index (Phi) is 12.1. The van der Waals surface area contributed by atoms with Crippen molar-refractivity contribution in [2.24, 2.45) is 16.5 Å². The Morgan fingerprint density at radius 2 is 1.74 bits per heavy atom. The molecule has 1 amide bonds. The Labute approximate surface area is 281 Å². The smallest absolute Gasteiger partial charge is 0.243 e. The van der Waals surface area contributed by atoms with Crippen molar-refractivity contribution >= 4 is 56.0 Å². The maximum absolute atomic E-state index is 13.6. The Morgan fingerprint density at radius 1 is 1.02 bits per heavy atom. The summed E-state index contributed by atoms with van der Waals surface area (Å²) in [5.74, 6) is 0.340. The number of pyridine rings is 1. The summed E-state index contributed by atoms with van der Waals surface area (Å²) in [6.07, 6.45) is 4.13. The van der Waals surface area contributed by atoms with Crippen molar-refractivity contribution in [3.05, 3.63) is 63.8 Å². The van der Waals surface area contributed by atoms with E-state index in [-0.39, 0.29) is 33.4 Å². The number of benzene rings is 2. The van der Waals surface area contributed by atoms with Gasteiger partial charge in [-0.1, -0.05) is 54.2 Å². The first-order valence-corrected chi connectivity index (χ1v) is 17.6. The minimum Gasteiger partial charge on any atom is -0.487 e. The van der Waals surface area contributed by atoms with E-state index in [1.165, 1.54) is 12.1 Å². The van der Waals surface area contributed by atoms with Gasteiger partial charge in [-0.2, -0.15) is 4.72 Å². The van der Waals surface area contributed by atoms with Gasteiger partial charge in [0.25, 0.3) is 0 Å². The molecule has 1 fully saturated rings. The second kappa shape index (κ2) is 15.6. The van der Waals surface area contributed by atoms with E-state index >= 15 is 0 Å². The lowest BCUT2D eigenvalue weighted by Gasteiger charge is -2.38. The number of aromatic nitrogens is 1. The number of nitrogens with two attached hydrogens (primary N) is 2. The second-order valence-corrected chi connectivity index (χ2v) is 14.4. The van der Waals surface area contributed by atoms with Crippen LogP contribution in [0.4, 0.5) is 0 Å². The molecule has 3 aromatic rings. The van der Waals surface area contributed by atoms with Crippen molar-refractivity contribution in [2.75, 3.05) is 39.3 Å². The van der Waals surface area contributed by atoms with Gasteiger partial charge in [-0.25, -0.2) is 13.4 Å². The summed E-state index contributed by atoms with van der Waals surface area (Å²) in [7, 11) is -4.22. The number of nitrogens with one attached hydrogen (secondary N) is 1. The lowest BCUT2D eigenvalue weighted by Crippen LogP contribution is -2.59. The molecule has 0 unspecified atom stereocenters. The number of hydrogen-bond donors (Lipinski definition) is 3. The molecule has 0 spiro atoms. The van der Waals surface area contributed by atoms with Crippen molar-refractivity contribution in [1.29, 1.82) is 0 Å². The highest BCUT2D eigenvalue weighted by Gasteiger charge is 2.38. The molecule has 2 aromatic carbocycles. The fourth-order valence-corrected chi connectivity index (χ4v) is 7.67. The molecular weight excluding hydrogens is 649 g/mol. The SMILES string of the molecule is Cc1ccc2cccc(OCc3c(Cl)ccc(S(=O)(=O)NC(C)(C)C(=O)N4CCN(CCCCCCN=C(N)N)CC4)c3Cl)c2n1. The van der Waals surface area contributed by atoms with E-state index in [2.05, 4.69) is 19.6 Å². The maximum atomic E-state index is 13.6. The molecule has 0 radical (unpaired) electrons. The van der Waals surface area contributed by atoms with E-state index < -0.39 is 15.6 Å². The zero-order chi connectivity index (χ0) is 33.5. The Balaban J connectivity index is 1.35. The first kappa shape index (κ1) is 35.7. The molecule has 0 aliphatic carbocycles. The van der Waals surface area contributed by atoms with Gasteiger partial charge in [0, 0.05) is 54.4 Å². The lowest BCUT2D eigenvalue weighted by atomic mass is 10.0. The van der Waals surface area contributed by atoms with Gasteiger partial charge in [0.1, 0.15) is 28.3 Å². The van der Waals surface area contributed by atoms with Gasteiger partial charge >= 0.3 is 0 Å². The van der Waals surface area contributed by atoms with Gasteiger partial charge < -0.3 is 21.1 Å². The van der Waals surface area contributed by atoms with Gasteiger partial charge in [-0.3, -0.25) is 14.7 Å². The zero-order valence-electron chi connectivity index (χ0n) is 26.6. The van der Waals surface area contributed by atoms with Crippen LogP contribution in [0.2, 0.25) is 10.0 Å². The summed E-state index contributed by atoms with van der Waals surface area (Å²) < 4.78 is 35.9. The number of sulfonamides is 1. The minimum atomic E-state index is -4.22. The van der Waals surface area contributed by atoms with Crippen LogP contribution in [0.3, 0.4) is 0 Å². The number of fused-ring (bicyclic) bond motifs is 1. The highest BCUT2D eigenvalue weighted by Crippen LogP contribution is 2.34. The highest BCUT2D eigenvalue weighted by atomic mass is 35.5. The van der Waals surface area contributed by atoms with Crippen LogP contribution in [0.25, 0.3) is 10.9 Å². The molecule has 0 bridgehead atoms. The number of aliphatic imine (C=N–C) groups is 1. The predicted octanol–water partition coefficient (Wildman–Crippen LogP) is 4.46. The molecule has 1 aliphatic heterocycles. The van der Waals surface area contributed by atoms with Crippen molar-refractivity contribution in [2.45, 2.75) is 63.5 Å². The number of carbonyl (C=O) groups is 1. The minimum absolute atomic E-state index is 0.0718. The number of nitrogens with zero attached hydrogens (tertiary/aromatic N) is 4. The van der Waals surface area contributed by atoms with E-state index in [1.807, 2.05) is 31.2 Å². The monoisotopic (exact) mass is 691 g/mol. The molecular formula is C32H43Cl2N7O4S. The number of para-hydroxylation sites is 1. The van der Waals surface area contributed by atoms with Crippen molar-refractivity contribution in [1.82, 2.24) is 19.5 Å². The van der Waals surface area contributed by atoms with Crippen LogP contribution in [-0.4, -0.2) is 79.9 Å². The van der Waals surface area contributed by atoms with E-state index in [0.717, 1.165) is 56.4 Å². The molecule has 0 saturated carbocycles. The summed E-state index contributed by atoms with van der Waals surface area (Å²) in [5.41, 5.74) is 11.1. The third-order valence-corrected chi connectivity index (χ3v) is 10.5. The number of piperazine rings is 1. The van der Waals surface area contributed by atoms with E-state index in [9.17, 15) is 13.2 Å². The molecule has 4 rings (SSSR count). The molecule has 0 atom stereocenters. The number of guanidine groups is 1. The van der Waals surface area contributed by atoms with Crippen LogP contribution in [0.5, 0.6) is 5.75 Å². The summed E-state index contributed by atoms with van der Waals surface area (Å²) in [6.45, 7) is 8.99. The maximum Gasteiger partial charge on any atom is 0.243 e. The normalized spacial score (nSPS) is 14.4. The first-order valence-electron chi connectivity index (χ1n) is 15.4.